The van der Waals surface area contributed by atoms with Crippen LogP contribution < -0.4 is 10.1 Å². The maximum atomic E-state index is 11.8. The molecule has 0 saturated heterocycles. The van der Waals surface area contributed by atoms with E-state index in [1.54, 1.807) is 6.07 Å². The Hall–Kier alpha value is -2.16. The molecule has 0 heterocycles. The Morgan fingerprint density at radius 3 is 2.48 bits per heavy atom. The van der Waals surface area contributed by atoms with Gasteiger partial charge in [-0.3, -0.25) is 14.9 Å². The van der Waals surface area contributed by atoms with E-state index in [1.807, 2.05) is 18.2 Å². The molecule has 2 aromatic rings. The van der Waals surface area contributed by atoms with E-state index in [0.29, 0.717) is 5.75 Å². The van der Waals surface area contributed by atoms with Gasteiger partial charge in [0.05, 0.1) is 10.6 Å². The molecule has 0 radical (unpaired) electrons. The number of halogens is 1. The van der Waals surface area contributed by atoms with Crippen LogP contribution in [0.3, 0.4) is 0 Å². The van der Waals surface area contributed by atoms with E-state index in [2.05, 4.69) is 27.9 Å². The third kappa shape index (κ3) is 4.42. The zero-order valence-corrected chi connectivity index (χ0v) is 12.9. The summed E-state index contributed by atoms with van der Waals surface area (Å²) < 4.78 is 6.21. The standard InChI is InChI=1S/C14H11IN2O4/c15-12-3-1-2-4-13(12)16-14(18)9-21-11-7-5-10(6-8-11)17(19)20/h1-8H,9H2,(H,16,18). The van der Waals surface area contributed by atoms with Gasteiger partial charge in [0, 0.05) is 15.7 Å². The molecular weight excluding hydrogens is 387 g/mol. The Morgan fingerprint density at radius 1 is 1.19 bits per heavy atom. The van der Waals surface area contributed by atoms with Gasteiger partial charge in [-0.2, -0.15) is 0 Å². The molecule has 0 saturated carbocycles. The molecule has 21 heavy (non-hydrogen) atoms. The fourth-order valence-corrected chi connectivity index (χ4v) is 2.08. The van der Waals surface area contributed by atoms with Gasteiger partial charge in [0.25, 0.3) is 11.6 Å². The van der Waals surface area contributed by atoms with Crippen molar-refractivity contribution < 1.29 is 14.5 Å². The molecule has 0 fully saturated rings. The summed E-state index contributed by atoms with van der Waals surface area (Å²) in [6, 6.07) is 13.0. The molecule has 0 aromatic heterocycles. The summed E-state index contributed by atoms with van der Waals surface area (Å²) in [5.74, 6) is 0.107. The lowest BCUT2D eigenvalue weighted by Crippen LogP contribution is -2.20. The highest BCUT2D eigenvalue weighted by atomic mass is 127. The van der Waals surface area contributed by atoms with Crippen LogP contribution in [0, 0.1) is 13.7 Å². The highest BCUT2D eigenvalue weighted by Gasteiger charge is 2.08. The van der Waals surface area contributed by atoms with Crippen molar-refractivity contribution in [3.05, 3.63) is 62.2 Å². The van der Waals surface area contributed by atoms with Crippen LogP contribution in [0.1, 0.15) is 0 Å². The van der Waals surface area contributed by atoms with Crippen molar-refractivity contribution >= 4 is 39.9 Å². The lowest BCUT2D eigenvalue weighted by molar-refractivity contribution is -0.384. The van der Waals surface area contributed by atoms with Crippen molar-refractivity contribution in [3.8, 4) is 5.75 Å². The largest absolute Gasteiger partial charge is 0.484 e. The van der Waals surface area contributed by atoms with Crippen LogP contribution in [-0.4, -0.2) is 17.4 Å². The van der Waals surface area contributed by atoms with Gasteiger partial charge in [0.2, 0.25) is 0 Å². The number of carbonyl (C=O) groups excluding carboxylic acids is 1. The minimum absolute atomic E-state index is 0.0226. The van der Waals surface area contributed by atoms with Crippen LogP contribution in [-0.2, 0) is 4.79 Å². The minimum atomic E-state index is -0.492. The number of non-ortho nitro benzene ring substituents is 1. The first kappa shape index (κ1) is 15.2. The van der Waals surface area contributed by atoms with E-state index in [-0.39, 0.29) is 18.2 Å². The fraction of sp³-hybridized carbons (Fsp3) is 0.0714. The van der Waals surface area contributed by atoms with Crippen molar-refractivity contribution in [2.45, 2.75) is 0 Å². The number of nitrogens with one attached hydrogen (secondary N) is 1. The van der Waals surface area contributed by atoms with Crippen molar-refractivity contribution in [1.29, 1.82) is 0 Å². The maximum Gasteiger partial charge on any atom is 0.269 e. The van der Waals surface area contributed by atoms with Gasteiger partial charge in [-0.1, -0.05) is 12.1 Å². The van der Waals surface area contributed by atoms with Crippen molar-refractivity contribution in [3.63, 3.8) is 0 Å². The van der Waals surface area contributed by atoms with E-state index in [0.717, 1.165) is 9.26 Å². The van der Waals surface area contributed by atoms with Gasteiger partial charge < -0.3 is 10.1 Å². The van der Waals surface area contributed by atoms with Crippen LogP contribution in [0.5, 0.6) is 5.75 Å². The molecule has 0 aliphatic rings. The Balaban J connectivity index is 1.89. The number of nitrogens with zero attached hydrogens (tertiary/aromatic N) is 1. The number of carbonyl (C=O) groups is 1. The smallest absolute Gasteiger partial charge is 0.269 e. The quantitative estimate of drug-likeness (QED) is 0.477. The third-order valence-electron chi connectivity index (χ3n) is 2.57. The second-order valence-corrected chi connectivity index (χ2v) is 5.23. The summed E-state index contributed by atoms with van der Waals surface area (Å²) in [5.41, 5.74) is 0.695. The van der Waals surface area contributed by atoms with Crippen LogP contribution in [0.2, 0.25) is 0 Å². The average molecular weight is 398 g/mol. The van der Waals surface area contributed by atoms with Crippen LogP contribution in [0.25, 0.3) is 0 Å². The van der Waals surface area contributed by atoms with Crippen LogP contribution in [0.15, 0.2) is 48.5 Å². The Bertz CT molecular complexity index is 658. The van der Waals surface area contributed by atoms with E-state index in [4.69, 9.17) is 4.74 Å². The number of hydrogen-bond donors (Lipinski definition) is 1. The summed E-state index contributed by atoms with van der Waals surface area (Å²) in [7, 11) is 0. The second-order valence-electron chi connectivity index (χ2n) is 4.07. The number of nitro benzene ring substituents is 1. The molecule has 0 unspecified atom stereocenters. The summed E-state index contributed by atoms with van der Waals surface area (Å²) in [4.78, 5) is 21.8. The Labute approximate surface area is 134 Å². The zero-order chi connectivity index (χ0) is 15.2. The number of amides is 1. The summed E-state index contributed by atoms with van der Waals surface area (Å²) in [6.07, 6.45) is 0. The molecule has 1 N–H and O–H groups in total. The highest BCUT2D eigenvalue weighted by Crippen LogP contribution is 2.18. The predicted molar refractivity (Wildman–Crippen MR) is 86.4 cm³/mol. The lowest BCUT2D eigenvalue weighted by Gasteiger charge is -2.08. The lowest BCUT2D eigenvalue weighted by atomic mass is 10.3. The van der Waals surface area contributed by atoms with Gasteiger partial charge in [-0.25, -0.2) is 0 Å². The summed E-state index contributed by atoms with van der Waals surface area (Å²) in [6.45, 7) is -0.164. The Morgan fingerprint density at radius 2 is 1.86 bits per heavy atom. The van der Waals surface area contributed by atoms with Crippen molar-refractivity contribution in [1.82, 2.24) is 0 Å². The summed E-state index contributed by atoms with van der Waals surface area (Å²) >= 11 is 2.12. The molecule has 2 rings (SSSR count). The predicted octanol–water partition coefficient (Wildman–Crippen LogP) is 3.22. The number of hydrogen-bond acceptors (Lipinski definition) is 4. The Kier molecular flexibility index (Phi) is 5.09. The van der Waals surface area contributed by atoms with Gasteiger partial charge in [0.1, 0.15) is 5.75 Å². The molecule has 7 heteroatoms. The normalized spacial score (nSPS) is 9.95. The number of nitro groups is 1. The van der Waals surface area contributed by atoms with Crippen molar-refractivity contribution in [2.24, 2.45) is 0 Å². The first-order chi connectivity index (χ1) is 10.1. The third-order valence-corrected chi connectivity index (χ3v) is 3.51. The molecule has 6 nitrogen and oxygen atoms in total. The van der Waals surface area contributed by atoms with E-state index in [9.17, 15) is 14.9 Å². The molecule has 0 aliphatic heterocycles. The van der Waals surface area contributed by atoms with E-state index in [1.165, 1.54) is 24.3 Å². The molecule has 2 aromatic carbocycles. The molecular formula is C14H11IN2O4. The SMILES string of the molecule is O=C(COc1ccc([N+](=O)[O-])cc1)Nc1ccccc1I. The first-order valence-electron chi connectivity index (χ1n) is 5.98. The molecule has 0 bridgehead atoms. The maximum absolute atomic E-state index is 11.8. The fourth-order valence-electron chi connectivity index (χ4n) is 1.56. The molecule has 1 amide bonds. The molecule has 0 atom stereocenters. The first-order valence-corrected chi connectivity index (χ1v) is 7.06. The minimum Gasteiger partial charge on any atom is -0.484 e. The molecule has 0 aliphatic carbocycles. The number of para-hydroxylation sites is 1. The van der Waals surface area contributed by atoms with Gasteiger partial charge in [-0.05, 0) is 46.9 Å². The van der Waals surface area contributed by atoms with E-state index < -0.39 is 4.92 Å². The monoisotopic (exact) mass is 398 g/mol. The van der Waals surface area contributed by atoms with Crippen LogP contribution in [0.4, 0.5) is 11.4 Å². The van der Waals surface area contributed by atoms with E-state index >= 15 is 0 Å². The number of anilines is 1. The second kappa shape index (κ2) is 7.02. The van der Waals surface area contributed by atoms with Crippen molar-refractivity contribution in [2.75, 3.05) is 11.9 Å². The number of benzene rings is 2. The van der Waals surface area contributed by atoms with Gasteiger partial charge in [-0.15, -0.1) is 0 Å². The van der Waals surface area contributed by atoms with Gasteiger partial charge in [0.15, 0.2) is 6.61 Å². The topological polar surface area (TPSA) is 81.5 Å². The van der Waals surface area contributed by atoms with Crippen LogP contribution >= 0.6 is 22.6 Å². The molecule has 0 spiro atoms. The summed E-state index contributed by atoms with van der Waals surface area (Å²) in [5, 5.41) is 13.2. The number of rotatable bonds is 5. The van der Waals surface area contributed by atoms with Gasteiger partial charge >= 0.3 is 0 Å². The highest BCUT2D eigenvalue weighted by molar-refractivity contribution is 14.1. The average Bonchev–Trinajstić information content (AvgIpc) is 2.48. The molecule has 108 valence electrons. The number of ether oxygens (including phenoxy) is 1. The zero-order valence-electron chi connectivity index (χ0n) is 10.8.